The van der Waals surface area contributed by atoms with Crippen LogP contribution in [0.2, 0.25) is 0 Å². The molecule has 2 aromatic heterocycles. The number of thiophene rings is 1. The standard InChI is InChI=1S/C28H28N6O2S/c1-28(2,3)22-13-12-21(37-22)24-17(15-29)27(30)34(19-10-7-11-20(35)25(19)24)33-18-14-23(36)31-32-26(18)16-8-5-4-6-9-16/h4-6,8-9,12-14,24H,7,10-11,30H2,1-3H3,(H2,31,33,36)/t24-/m0/s1. The summed E-state index contributed by atoms with van der Waals surface area (Å²) < 4.78 is 0. The van der Waals surface area contributed by atoms with E-state index in [1.54, 1.807) is 16.3 Å². The summed E-state index contributed by atoms with van der Waals surface area (Å²) in [5.41, 5.74) is 12.8. The molecule has 0 saturated carbocycles. The lowest BCUT2D eigenvalue weighted by Gasteiger charge is -2.39. The largest absolute Gasteiger partial charge is 0.383 e. The molecule has 37 heavy (non-hydrogen) atoms. The zero-order chi connectivity index (χ0) is 26.3. The lowest BCUT2D eigenvalue weighted by atomic mass is 9.79. The molecule has 0 bridgehead atoms. The van der Waals surface area contributed by atoms with E-state index in [0.717, 1.165) is 16.1 Å². The number of aromatic nitrogens is 2. The minimum absolute atomic E-state index is 0.0105. The van der Waals surface area contributed by atoms with Crippen molar-refractivity contribution in [3.63, 3.8) is 0 Å². The van der Waals surface area contributed by atoms with Crippen LogP contribution < -0.4 is 16.7 Å². The Kier molecular flexibility index (Phi) is 6.21. The van der Waals surface area contributed by atoms with Crippen LogP contribution in [0, 0.1) is 11.3 Å². The summed E-state index contributed by atoms with van der Waals surface area (Å²) in [4.78, 5) is 27.7. The SMILES string of the molecule is CC(C)(C)c1ccc([C@@H]2C(C#N)=C(N)N(Nc3cc(=O)[nH]nc3-c3ccccc3)C3=C2C(=O)CCC3)s1. The second-order valence-corrected chi connectivity index (χ2v) is 11.4. The number of H-pyrrole nitrogens is 1. The first-order valence-electron chi connectivity index (χ1n) is 12.2. The van der Waals surface area contributed by atoms with Crippen molar-refractivity contribution in [2.75, 3.05) is 5.43 Å². The van der Waals surface area contributed by atoms with E-state index in [4.69, 9.17) is 5.73 Å². The van der Waals surface area contributed by atoms with Crippen LogP contribution in [0.5, 0.6) is 0 Å². The molecule has 5 rings (SSSR count). The summed E-state index contributed by atoms with van der Waals surface area (Å²) in [5, 5.41) is 18.6. The van der Waals surface area contributed by atoms with Crippen LogP contribution in [0.3, 0.4) is 0 Å². The molecule has 0 unspecified atom stereocenters. The van der Waals surface area contributed by atoms with Gasteiger partial charge < -0.3 is 5.73 Å². The summed E-state index contributed by atoms with van der Waals surface area (Å²) in [6.45, 7) is 6.42. The van der Waals surface area contributed by atoms with Crippen molar-refractivity contribution in [1.82, 2.24) is 15.2 Å². The quantitative estimate of drug-likeness (QED) is 0.452. The van der Waals surface area contributed by atoms with Crippen LogP contribution in [-0.4, -0.2) is 21.0 Å². The number of anilines is 1. The van der Waals surface area contributed by atoms with Crippen LogP contribution in [-0.2, 0) is 10.2 Å². The van der Waals surface area contributed by atoms with E-state index in [0.29, 0.717) is 41.8 Å². The van der Waals surface area contributed by atoms with Gasteiger partial charge in [-0.2, -0.15) is 10.4 Å². The third kappa shape index (κ3) is 4.45. The number of allylic oxidation sites excluding steroid dienone is 3. The van der Waals surface area contributed by atoms with E-state index in [2.05, 4.69) is 48.5 Å². The molecule has 0 spiro atoms. The van der Waals surface area contributed by atoms with E-state index in [-0.39, 0.29) is 22.6 Å². The van der Waals surface area contributed by atoms with Gasteiger partial charge in [-0.25, -0.2) is 10.1 Å². The van der Waals surface area contributed by atoms with Crippen molar-refractivity contribution in [2.45, 2.75) is 51.4 Å². The fourth-order valence-electron chi connectivity index (χ4n) is 4.83. The predicted octanol–water partition coefficient (Wildman–Crippen LogP) is 4.92. The first-order chi connectivity index (χ1) is 17.7. The summed E-state index contributed by atoms with van der Waals surface area (Å²) in [6, 6.07) is 17.2. The van der Waals surface area contributed by atoms with Gasteiger partial charge in [0.25, 0.3) is 5.56 Å². The van der Waals surface area contributed by atoms with Crippen molar-refractivity contribution < 1.29 is 4.79 Å². The minimum atomic E-state index is -0.516. The number of hydrogen-bond acceptors (Lipinski definition) is 8. The molecule has 9 heteroatoms. The first kappa shape index (κ1) is 24.5. The van der Waals surface area contributed by atoms with Crippen molar-refractivity contribution >= 4 is 22.8 Å². The van der Waals surface area contributed by atoms with Gasteiger partial charge in [0.1, 0.15) is 11.5 Å². The highest BCUT2D eigenvalue weighted by Gasteiger charge is 2.41. The molecule has 1 aromatic carbocycles. The molecule has 1 aliphatic carbocycles. The second-order valence-electron chi connectivity index (χ2n) is 10.2. The number of aromatic amines is 1. The minimum Gasteiger partial charge on any atom is -0.383 e. The summed E-state index contributed by atoms with van der Waals surface area (Å²) >= 11 is 1.61. The molecular weight excluding hydrogens is 484 g/mol. The van der Waals surface area contributed by atoms with E-state index >= 15 is 0 Å². The van der Waals surface area contributed by atoms with Crippen molar-refractivity contribution in [3.8, 4) is 17.3 Å². The lowest BCUT2D eigenvalue weighted by Crippen LogP contribution is -2.41. The number of carbonyl (C=O) groups is 1. The smallest absolute Gasteiger partial charge is 0.266 e. The monoisotopic (exact) mass is 512 g/mol. The molecule has 0 amide bonds. The zero-order valence-corrected chi connectivity index (χ0v) is 21.8. The number of hydrogen-bond donors (Lipinski definition) is 3. The van der Waals surface area contributed by atoms with Crippen molar-refractivity contribution in [2.24, 2.45) is 5.73 Å². The number of Topliss-reactive ketones (excluding diaryl/α,β-unsaturated/α-hetero) is 1. The third-order valence-corrected chi connectivity index (χ3v) is 8.23. The molecule has 188 valence electrons. The van der Waals surface area contributed by atoms with Crippen LogP contribution >= 0.6 is 11.3 Å². The Hall–Kier alpha value is -4.16. The van der Waals surface area contributed by atoms with Gasteiger partial charge in [-0.3, -0.25) is 15.0 Å². The molecule has 1 atom stereocenters. The van der Waals surface area contributed by atoms with Crippen molar-refractivity contribution in [1.29, 1.82) is 5.26 Å². The Morgan fingerprint density at radius 3 is 2.59 bits per heavy atom. The van der Waals surface area contributed by atoms with Crippen LogP contribution in [0.1, 0.15) is 55.7 Å². The summed E-state index contributed by atoms with van der Waals surface area (Å²) in [6.07, 6.45) is 1.70. The van der Waals surface area contributed by atoms with Gasteiger partial charge in [0.15, 0.2) is 5.78 Å². The predicted molar refractivity (Wildman–Crippen MR) is 144 cm³/mol. The Labute approximate surface area is 219 Å². The first-order valence-corrected chi connectivity index (χ1v) is 13.0. The van der Waals surface area contributed by atoms with Gasteiger partial charge in [0.05, 0.1) is 23.2 Å². The maximum Gasteiger partial charge on any atom is 0.266 e. The number of nitrogens with one attached hydrogen (secondary N) is 2. The molecule has 2 aliphatic rings. The molecule has 0 fully saturated rings. The van der Waals surface area contributed by atoms with Gasteiger partial charge in [0, 0.05) is 39.1 Å². The van der Waals surface area contributed by atoms with Crippen LogP contribution in [0.4, 0.5) is 5.69 Å². The van der Waals surface area contributed by atoms with Gasteiger partial charge in [-0.05, 0) is 30.4 Å². The Bertz CT molecular complexity index is 1530. The zero-order valence-electron chi connectivity index (χ0n) is 21.0. The average molecular weight is 513 g/mol. The number of nitriles is 1. The molecule has 8 nitrogen and oxygen atoms in total. The van der Waals surface area contributed by atoms with Crippen LogP contribution in [0.15, 0.2) is 76.0 Å². The maximum absolute atomic E-state index is 13.4. The van der Waals surface area contributed by atoms with Gasteiger partial charge in [-0.1, -0.05) is 51.1 Å². The number of rotatable bonds is 4. The van der Waals surface area contributed by atoms with Crippen LogP contribution in [0.25, 0.3) is 11.3 Å². The van der Waals surface area contributed by atoms with Crippen molar-refractivity contribution in [3.05, 3.63) is 91.3 Å². The Morgan fingerprint density at radius 1 is 1.16 bits per heavy atom. The Morgan fingerprint density at radius 2 is 1.92 bits per heavy atom. The highest BCUT2D eigenvalue weighted by molar-refractivity contribution is 7.12. The highest BCUT2D eigenvalue weighted by Crippen LogP contribution is 2.47. The topological polar surface area (TPSA) is 128 Å². The molecule has 0 radical (unpaired) electrons. The number of hydrazine groups is 1. The number of nitrogens with two attached hydrogens (primary N) is 1. The fourth-order valence-corrected chi connectivity index (χ4v) is 6.02. The maximum atomic E-state index is 13.4. The molecule has 3 heterocycles. The fraction of sp³-hybridized carbons (Fsp3) is 0.286. The third-order valence-electron chi connectivity index (χ3n) is 6.65. The van der Waals surface area contributed by atoms with E-state index in [9.17, 15) is 14.9 Å². The lowest BCUT2D eigenvalue weighted by molar-refractivity contribution is -0.116. The van der Waals surface area contributed by atoms with E-state index in [1.807, 2.05) is 36.4 Å². The van der Waals surface area contributed by atoms with E-state index < -0.39 is 5.92 Å². The summed E-state index contributed by atoms with van der Waals surface area (Å²) in [5.74, 6) is -0.292. The second kappa shape index (κ2) is 9.37. The molecule has 4 N–H and O–H groups in total. The molecule has 3 aromatic rings. The number of nitrogens with zero attached hydrogens (tertiary/aromatic N) is 3. The van der Waals surface area contributed by atoms with E-state index in [1.165, 1.54) is 10.9 Å². The normalized spacial score (nSPS) is 18.1. The molecule has 1 aliphatic heterocycles. The molecular formula is C28H28N6O2S. The molecule has 0 saturated heterocycles. The Balaban J connectivity index is 1.65. The van der Waals surface area contributed by atoms with Gasteiger partial charge >= 0.3 is 0 Å². The number of ketones is 1. The average Bonchev–Trinajstić information content (AvgIpc) is 3.37. The van der Waals surface area contributed by atoms with Gasteiger partial charge in [0.2, 0.25) is 0 Å². The summed E-state index contributed by atoms with van der Waals surface area (Å²) in [7, 11) is 0. The number of carbonyl (C=O) groups excluding carboxylic acids is 1. The highest BCUT2D eigenvalue weighted by atomic mass is 32.1. The van der Waals surface area contributed by atoms with Gasteiger partial charge in [-0.15, -0.1) is 11.3 Å². The number of benzene rings is 1.